The van der Waals surface area contributed by atoms with Crippen LogP contribution in [0.25, 0.3) is 16.9 Å². The summed E-state index contributed by atoms with van der Waals surface area (Å²) >= 11 is 0. The molecule has 2 amide bonds. The summed E-state index contributed by atoms with van der Waals surface area (Å²) in [6.45, 7) is 6.40. The van der Waals surface area contributed by atoms with Gasteiger partial charge < -0.3 is 10.1 Å². The Labute approximate surface area is 238 Å². The fraction of sp³-hybridized carbons (Fsp3) is 0.367. The molecule has 0 radical (unpaired) electrons. The van der Waals surface area contributed by atoms with E-state index in [0.717, 1.165) is 28.6 Å². The van der Waals surface area contributed by atoms with Crippen molar-refractivity contribution in [3.05, 3.63) is 83.7 Å². The van der Waals surface area contributed by atoms with Crippen LogP contribution in [0.3, 0.4) is 0 Å². The predicted molar refractivity (Wildman–Crippen MR) is 153 cm³/mol. The van der Waals surface area contributed by atoms with E-state index >= 15 is 0 Å². The van der Waals surface area contributed by atoms with Crippen LogP contribution in [-0.2, 0) is 11.8 Å². The normalized spacial score (nSPS) is 17.3. The number of benzene rings is 2. The van der Waals surface area contributed by atoms with Crippen molar-refractivity contribution >= 4 is 11.8 Å². The monoisotopic (exact) mass is 563 g/mol. The molecule has 2 aromatic carbocycles. The maximum absolute atomic E-state index is 14.2. The van der Waals surface area contributed by atoms with Gasteiger partial charge in [0.05, 0.1) is 24.5 Å². The molecule has 0 aliphatic carbocycles. The van der Waals surface area contributed by atoms with E-state index in [9.17, 15) is 13.6 Å². The zero-order chi connectivity index (χ0) is 29.1. The largest absolute Gasteiger partial charge is 0.383 e. The summed E-state index contributed by atoms with van der Waals surface area (Å²) in [5, 5.41) is 15.4. The summed E-state index contributed by atoms with van der Waals surface area (Å²) in [6, 6.07) is 12.8. The predicted octanol–water partition coefficient (Wildman–Crippen LogP) is 4.91. The molecule has 4 aromatic rings. The summed E-state index contributed by atoms with van der Waals surface area (Å²) < 4.78 is 36.5. The van der Waals surface area contributed by atoms with Crippen molar-refractivity contribution in [2.75, 3.05) is 38.7 Å². The van der Waals surface area contributed by atoms with Crippen molar-refractivity contribution < 1.29 is 18.3 Å². The van der Waals surface area contributed by atoms with Gasteiger partial charge in [0.2, 0.25) is 0 Å². The lowest BCUT2D eigenvalue weighted by Gasteiger charge is -2.21. The number of nitrogens with one attached hydrogen (secondary N) is 2. The van der Waals surface area contributed by atoms with E-state index < -0.39 is 17.7 Å². The Kier molecular flexibility index (Phi) is 8.46. The Hall–Kier alpha value is -4.09. The first kappa shape index (κ1) is 28.4. The number of likely N-dealkylation sites (tertiary alicyclic amines) is 1. The number of aryl methyl sites for hydroxylation is 1. The van der Waals surface area contributed by atoms with Crippen LogP contribution < -0.4 is 10.6 Å². The van der Waals surface area contributed by atoms with Gasteiger partial charge in [-0.25, -0.2) is 18.3 Å². The van der Waals surface area contributed by atoms with E-state index in [-0.39, 0.29) is 17.9 Å². The number of anilines is 1. The Balaban J connectivity index is 1.47. The number of carbonyl (C=O) groups is 1. The van der Waals surface area contributed by atoms with Gasteiger partial charge in [-0.1, -0.05) is 38.1 Å². The average Bonchev–Trinajstić information content (AvgIpc) is 3.66. The molecule has 5 rings (SSSR count). The van der Waals surface area contributed by atoms with Gasteiger partial charge in [0.25, 0.3) is 0 Å². The van der Waals surface area contributed by atoms with Crippen LogP contribution in [0.15, 0.2) is 60.9 Å². The first-order valence-corrected chi connectivity index (χ1v) is 13.7. The zero-order valence-corrected chi connectivity index (χ0v) is 23.6. The standard InChI is InChI=1S/C30H35F2N7O2/c1-19(2)27-28(21-15-33-37(3)16-21)36-39(22-8-6-5-7-9-22)29(27)35-30(40)34-26-18-38(12-13-41-4)17-23(26)20-10-11-24(31)25(32)14-20/h5-11,14-16,19,23,26H,12-13,17-18H2,1-4H3,(H2,34,35,40). The van der Waals surface area contributed by atoms with Crippen LogP contribution >= 0.6 is 0 Å². The molecule has 2 aromatic heterocycles. The highest BCUT2D eigenvalue weighted by Crippen LogP contribution is 2.36. The van der Waals surface area contributed by atoms with Crippen LogP contribution in [0.5, 0.6) is 0 Å². The average molecular weight is 564 g/mol. The van der Waals surface area contributed by atoms with E-state index in [1.807, 2.05) is 43.6 Å². The molecule has 2 unspecified atom stereocenters. The van der Waals surface area contributed by atoms with Gasteiger partial charge in [0.15, 0.2) is 11.6 Å². The third-order valence-corrected chi connectivity index (χ3v) is 7.41. The fourth-order valence-corrected chi connectivity index (χ4v) is 5.44. The SMILES string of the molecule is COCCN1CC(NC(=O)Nc2c(C(C)C)c(-c3cnn(C)c3)nn2-c2ccccc2)C(c2ccc(F)c(F)c2)C1. The lowest BCUT2D eigenvalue weighted by Crippen LogP contribution is -2.42. The third-order valence-electron chi connectivity index (χ3n) is 7.41. The molecule has 3 heterocycles. The second kappa shape index (κ2) is 12.2. The molecular formula is C30H35F2N7O2. The second-order valence-corrected chi connectivity index (χ2v) is 10.7. The highest BCUT2D eigenvalue weighted by molar-refractivity contribution is 5.91. The van der Waals surface area contributed by atoms with Gasteiger partial charge in [-0.2, -0.15) is 10.2 Å². The molecule has 0 saturated carbocycles. The zero-order valence-electron chi connectivity index (χ0n) is 23.6. The molecular weight excluding hydrogens is 528 g/mol. The number of hydrogen-bond acceptors (Lipinski definition) is 5. The van der Waals surface area contributed by atoms with Gasteiger partial charge in [0.1, 0.15) is 11.5 Å². The Morgan fingerprint density at radius 3 is 2.56 bits per heavy atom. The summed E-state index contributed by atoms with van der Waals surface area (Å²) in [5.41, 5.74) is 3.88. The molecule has 216 valence electrons. The lowest BCUT2D eigenvalue weighted by molar-refractivity contribution is 0.159. The second-order valence-electron chi connectivity index (χ2n) is 10.7. The van der Waals surface area contributed by atoms with E-state index in [4.69, 9.17) is 9.84 Å². The van der Waals surface area contributed by atoms with E-state index in [1.165, 1.54) is 6.07 Å². The van der Waals surface area contributed by atoms with Crippen molar-refractivity contribution in [2.24, 2.45) is 7.05 Å². The van der Waals surface area contributed by atoms with Crippen molar-refractivity contribution in [1.29, 1.82) is 0 Å². The highest BCUT2D eigenvalue weighted by atomic mass is 19.2. The van der Waals surface area contributed by atoms with Crippen molar-refractivity contribution in [3.8, 4) is 16.9 Å². The summed E-state index contributed by atoms with van der Waals surface area (Å²) in [4.78, 5) is 15.8. The highest BCUT2D eigenvalue weighted by Gasteiger charge is 2.35. The van der Waals surface area contributed by atoms with Crippen LogP contribution in [-0.4, -0.2) is 69.9 Å². The van der Waals surface area contributed by atoms with Crippen LogP contribution in [0.1, 0.15) is 36.8 Å². The maximum atomic E-state index is 14.2. The van der Waals surface area contributed by atoms with E-state index in [0.29, 0.717) is 37.6 Å². The number of amides is 2. The topological polar surface area (TPSA) is 89.2 Å². The number of urea groups is 1. The van der Waals surface area contributed by atoms with Crippen molar-refractivity contribution in [2.45, 2.75) is 31.7 Å². The van der Waals surface area contributed by atoms with E-state index in [2.05, 4.69) is 34.5 Å². The van der Waals surface area contributed by atoms with Crippen molar-refractivity contribution in [3.63, 3.8) is 0 Å². The minimum absolute atomic E-state index is 0.0314. The summed E-state index contributed by atoms with van der Waals surface area (Å²) in [6.07, 6.45) is 3.65. The molecule has 0 bridgehead atoms. The summed E-state index contributed by atoms with van der Waals surface area (Å²) in [5.74, 6) is -1.45. The van der Waals surface area contributed by atoms with Gasteiger partial charge in [-0.05, 0) is 35.7 Å². The number of halogens is 2. The fourth-order valence-electron chi connectivity index (χ4n) is 5.44. The number of aromatic nitrogens is 4. The van der Waals surface area contributed by atoms with Gasteiger partial charge >= 0.3 is 6.03 Å². The first-order chi connectivity index (χ1) is 19.7. The number of nitrogens with zero attached hydrogens (tertiary/aromatic N) is 5. The van der Waals surface area contributed by atoms with E-state index in [1.54, 1.807) is 28.7 Å². The number of carbonyl (C=O) groups excluding carboxylic acids is 1. The first-order valence-electron chi connectivity index (χ1n) is 13.7. The Morgan fingerprint density at radius 1 is 1.12 bits per heavy atom. The molecule has 1 aliphatic heterocycles. The Morgan fingerprint density at radius 2 is 1.90 bits per heavy atom. The number of methoxy groups -OCH3 is 1. The van der Waals surface area contributed by atoms with Crippen LogP contribution in [0.4, 0.5) is 19.4 Å². The van der Waals surface area contributed by atoms with Crippen LogP contribution in [0, 0.1) is 11.6 Å². The third kappa shape index (κ3) is 6.15. The molecule has 9 nitrogen and oxygen atoms in total. The van der Waals surface area contributed by atoms with Gasteiger partial charge in [0, 0.05) is 57.0 Å². The number of para-hydroxylation sites is 1. The molecule has 1 fully saturated rings. The van der Waals surface area contributed by atoms with Crippen LogP contribution in [0.2, 0.25) is 0 Å². The molecule has 1 saturated heterocycles. The van der Waals surface area contributed by atoms with Gasteiger partial charge in [-0.15, -0.1) is 0 Å². The minimum atomic E-state index is -0.905. The smallest absolute Gasteiger partial charge is 0.320 e. The molecule has 11 heteroatoms. The van der Waals surface area contributed by atoms with Gasteiger partial charge in [-0.3, -0.25) is 14.9 Å². The number of rotatable bonds is 9. The maximum Gasteiger partial charge on any atom is 0.320 e. The quantitative estimate of drug-likeness (QED) is 0.302. The minimum Gasteiger partial charge on any atom is -0.383 e. The number of hydrogen-bond donors (Lipinski definition) is 2. The molecule has 0 spiro atoms. The lowest BCUT2D eigenvalue weighted by atomic mass is 9.94. The molecule has 2 atom stereocenters. The number of ether oxygens (including phenoxy) is 1. The van der Waals surface area contributed by atoms with Crippen molar-refractivity contribution in [1.82, 2.24) is 29.8 Å². The summed E-state index contributed by atoms with van der Waals surface area (Å²) in [7, 11) is 3.48. The molecule has 2 N–H and O–H groups in total. The Bertz CT molecular complexity index is 1500. The molecule has 41 heavy (non-hydrogen) atoms. The molecule has 1 aliphatic rings.